The number of aromatic nitrogens is 1. The topological polar surface area (TPSA) is 74.6 Å². The second-order valence-corrected chi connectivity index (χ2v) is 8.89. The summed E-state index contributed by atoms with van der Waals surface area (Å²) in [6.07, 6.45) is 2.71. The van der Waals surface area contributed by atoms with Crippen LogP contribution < -0.4 is 0 Å². The van der Waals surface area contributed by atoms with Crippen molar-refractivity contribution in [3.63, 3.8) is 0 Å². The summed E-state index contributed by atoms with van der Waals surface area (Å²) in [6, 6.07) is 19.8. The van der Waals surface area contributed by atoms with Crippen LogP contribution in [-0.2, 0) is 16.0 Å². The Bertz CT molecular complexity index is 1190. The second kappa shape index (κ2) is 9.77. The number of benzene rings is 2. The smallest absolute Gasteiger partial charge is 0.340 e. The quantitative estimate of drug-likeness (QED) is 0.358. The van der Waals surface area contributed by atoms with E-state index in [1.165, 1.54) is 0 Å². The molecule has 2 aliphatic rings. The minimum Gasteiger partial charge on any atom is -0.459 e. The molecule has 174 valence electrons. The van der Waals surface area contributed by atoms with Gasteiger partial charge < -0.3 is 14.0 Å². The van der Waals surface area contributed by atoms with Crippen LogP contribution in [-0.4, -0.2) is 41.4 Å². The molecule has 1 saturated heterocycles. The van der Waals surface area contributed by atoms with Crippen LogP contribution in [0.5, 0.6) is 0 Å². The maximum atomic E-state index is 13.3. The lowest BCUT2D eigenvalue weighted by Gasteiger charge is -2.13. The van der Waals surface area contributed by atoms with Crippen LogP contribution in [0.2, 0.25) is 0 Å². The molecule has 34 heavy (non-hydrogen) atoms. The van der Waals surface area contributed by atoms with Crippen molar-refractivity contribution in [1.82, 2.24) is 4.57 Å². The van der Waals surface area contributed by atoms with Gasteiger partial charge in [0, 0.05) is 42.3 Å². The Balaban J connectivity index is 1.45. The van der Waals surface area contributed by atoms with E-state index in [0.29, 0.717) is 42.0 Å². The van der Waals surface area contributed by atoms with E-state index in [1.54, 1.807) is 30.3 Å². The minimum absolute atomic E-state index is 0.0230. The van der Waals surface area contributed by atoms with E-state index in [2.05, 4.69) is 0 Å². The zero-order valence-corrected chi connectivity index (χ0v) is 18.9. The van der Waals surface area contributed by atoms with Crippen LogP contribution in [0.1, 0.15) is 74.1 Å². The van der Waals surface area contributed by atoms with Crippen molar-refractivity contribution >= 4 is 17.5 Å². The van der Waals surface area contributed by atoms with Gasteiger partial charge in [0.2, 0.25) is 5.78 Å². The number of hydrogen-bond donors (Lipinski definition) is 0. The molecule has 1 aromatic heterocycles. The molecule has 5 rings (SSSR count). The van der Waals surface area contributed by atoms with Gasteiger partial charge in [0.15, 0.2) is 5.78 Å². The third kappa shape index (κ3) is 4.46. The predicted molar refractivity (Wildman–Crippen MR) is 126 cm³/mol. The summed E-state index contributed by atoms with van der Waals surface area (Å²) in [5.41, 5.74) is 2.77. The number of fused-ring (bicyclic) bond motifs is 1. The number of carbonyl (C=O) groups is 3. The van der Waals surface area contributed by atoms with Crippen LogP contribution in [0.15, 0.2) is 66.7 Å². The Morgan fingerprint density at radius 1 is 0.941 bits per heavy atom. The van der Waals surface area contributed by atoms with Gasteiger partial charge in [-0.15, -0.1) is 0 Å². The van der Waals surface area contributed by atoms with Gasteiger partial charge in [-0.3, -0.25) is 9.59 Å². The van der Waals surface area contributed by atoms with E-state index in [9.17, 15) is 14.4 Å². The molecule has 2 aliphatic heterocycles. The monoisotopic (exact) mass is 457 g/mol. The zero-order chi connectivity index (χ0) is 23.5. The Morgan fingerprint density at radius 2 is 1.65 bits per heavy atom. The van der Waals surface area contributed by atoms with Gasteiger partial charge in [-0.2, -0.15) is 0 Å². The fourth-order valence-corrected chi connectivity index (χ4v) is 4.94. The largest absolute Gasteiger partial charge is 0.459 e. The van der Waals surface area contributed by atoms with Gasteiger partial charge in [0.05, 0.1) is 17.4 Å². The van der Waals surface area contributed by atoms with Crippen molar-refractivity contribution in [1.29, 1.82) is 0 Å². The SMILES string of the molecule is O=C(CC1CCn2c(C(=O)c3ccccc3)cc(C(=O)OCC3CCCO3)c21)c1ccccc1. The number of Topliss-reactive ketones (excluding diaryl/α,β-unsaturated/α-hetero) is 1. The average Bonchev–Trinajstić information content (AvgIpc) is 3.62. The number of ketones is 2. The van der Waals surface area contributed by atoms with E-state index >= 15 is 0 Å². The molecule has 0 aliphatic carbocycles. The maximum Gasteiger partial charge on any atom is 0.340 e. The number of carbonyl (C=O) groups excluding carboxylic acids is 3. The van der Waals surface area contributed by atoms with Gasteiger partial charge >= 0.3 is 5.97 Å². The average molecular weight is 458 g/mol. The maximum absolute atomic E-state index is 13.3. The molecule has 2 unspecified atom stereocenters. The van der Waals surface area contributed by atoms with Crippen molar-refractivity contribution in [2.24, 2.45) is 0 Å². The van der Waals surface area contributed by atoms with Crippen LogP contribution in [0.3, 0.4) is 0 Å². The second-order valence-electron chi connectivity index (χ2n) is 8.89. The molecule has 6 heteroatoms. The molecule has 2 atom stereocenters. The van der Waals surface area contributed by atoms with Crippen molar-refractivity contribution in [2.45, 2.75) is 44.2 Å². The third-order valence-corrected chi connectivity index (χ3v) is 6.67. The Hall–Kier alpha value is -3.51. The van der Waals surface area contributed by atoms with Crippen molar-refractivity contribution in [3.05, 3.63) is 94.8 Å². The minimum atomic E-state index is -0.467. The van der Waals surface area contributed by atoms with Gasteiger partial charge in [0.1, 0.15) is 6.61 Å². The highest BCUT2D eigenvalue weighted by atomic mass is 16.6. The predicted octanol–water partition coefficient (Wildman–Crippen LogP) is 4.82. The van der Waals surface area contributed by atoms with E-state index in [0.717, 1.165) is 18.5 Å². The Morgan fingerprint density at radius 3 is 2.32 bits per heavy atom. The molecular weight excluding hydrogens is 430 g/mol. The lowest BCUT2D eigenvalue weighted by Crippen LogP contribution is -2.19. The summed E-state index contributed by atoms with van der Waals surface area (Å²) in [6.45, 7) is 1.46. The van der Waals surface area contributed by atoms with E-state index < -0.39 is 5.97 Å². The van der Waals surface area contributed by atoms with Crippen molar-refractivity contribution in [3.8, 4) is 0 Å². The van der Waals surface area contributed by atoms with Crippen LogP contribution in [0, 0.1) is 0 Å². The molecule has 0 amide bonds. The van der Waals surface area contributed by atoms with E-state index in [-0.39, 0.29) is 36.6 Å². The Labute approximate surface area is 198 Å². The fraction of sp³-hybridized carbons (Fsp3) is 0.321. The summed E-state index contributed by atoms with van der Waals surface area (Å²) in [4.78, 5) is 39.4. The molecule has 2 aromatic carbocycles. The van der Waals surface area contributed by atoms with E-state index in [1.807, 2.05) is 41.0 Å². The molecule has 0 spiro atoms. The zero-order valence-electron chi connectivity index (χ0n) is 18.9. The number of hydrogen-bond acceptors (Lipinski definition) is 5. The number of rotatable bonds is 8. The van der Waals surface area contributed by atoms with Crippen LogP contribution >= 0.6 is 0 Å². The number of ether oxygens (including phenoxy) is 2. The lowest BCUT2D eigenvalue weighted by atomic mass is 9.92. The van der Waals surface area contributed by atoms with Crippen molar-refractivity contribution in [2.75, 3.05) is 13.2 Å². The van der Waals surface area contributed by atoms with Gasteiger partial charge in [-0.1, -0.05) is 60.7 Å². The van der Waals surface area contributed by atoms with Gasteiger partial charge in [-0.05, 0) is 25.3 Å². The fourth-order valence-electron chi connectivity index (χ4n) is 4.94. The first-order chi connectivity index (χ1) is 16.6. The highest BCUT2D eigenvalue weighted by Crippen LogP contribution is 2.38. The lowest BCUT2D eigenvalue weighted by molar-refractivity contribution is 0.0160. The first-order valence-corrected chi connectivity index (χ1v) is 11.8. The molecule has 1 fully saturated rings. The van der Waals surface area contributed by atoms with Gasteiger partial charge in [-0.25, -0.2) is 4.79 Å². The van der Waals surface area contributed by atoms with Gasteiger partial charge in [0.25, 0.3) is 0 Å². The molecule has 6 nitrogen and oxygen atoms in total. The highest BCUT2D eigenvalue weighted by Gasteiger charge is 2.35. The standard InChI is InChI=1S/C28H27NO5/c30-25(19-8-3-1-4-9-19)16-21-13-14-29-24(27(31)20-10-5-2-6-11-20)17-23(26(21)29)28(32)34-18-22-12-7-15-33-22/h1-6,8-11,17,21-22H,7,12-16,18H2. The summed E-state index contributed by atoms with van der Waals surface area (Å²) >= 11 is 0. The van der Waals surface area contributed by atoms with Crippen molar-refractivity contribution < 1.29 is 23.9 Å². The number of nitrogens with zero attached hydrogens (tertiary/aromatic N) is 1. The summed E-state index contributed by atoms with van der Waals surface area (Å²) < 4.78 is 13.1. The highest BCUT2D eigenvalue weighted by molar-refractivity contribution is 6.09. The third-order valence-electron chi connectivity index (χ3n) is 6.67. The molecule has 0 saturated carbocycles. The summed E-state index contributed by atoms with van der Waals surface area (Å²) in [5, 5.41) is 0. The molecule has 0 bridgehead atoms. The molecule has 0 N–H and O–H groups in total. The molecular formula is C28H27NO5. The number of esters is 1. The van der Waals surface area contributed by atoms with Crippen LogP contribution in [0.4, 0.5) is 0 Å². The van der Waals surface area contributed by atoms with E-state index in [4.69, 9.17) is 9.47 Å². The summed E-state index contributed by atoms with van der Waals surface area (Å²) in [5.74, 6) is -0.745. The molecule has 0 radical (unpaired) electrons. The first kappa shape index (κ1) is 22.3. The Kier molecular flexibility index (Phi) is 6.41. The summed E-state index contributed by atoms with van der Waals surface area (Å²) in [7, 11) is 0. The van der Waals surface area contributed by atoms with Crippen LogP contribution in [0.25, 0.3) is 0 Å². The molecule has 3 heterocycles. The first-order valence-electron chi connectivity index (χ1n) is 11.8. The molecule has 3 aromatic rings. The normalized spacial score (nSPS) is 19.1.